The number of anilines is 2. The highest BCUT2D eigenvalue weighted by atomic mass is 35.5. The van der Waals surface area contributed by atoms with E-state index in [1.165, 1.54) is 0 Å². The van der Waals surface area contributed by atoms with Crippen molar-refractivity contribution in [1.82, 2.24) is 9.97 Å². The second kappa shape index (κ2) is 5.93. The van der Waals surface area contributed by atoms with E-state index in [1.807, 2.05) is 25.1 Å². The molecule has 0 atom stereocenters. The molecule has 3 rings (SSSR count). The minimum Gasteiger partial charge on any atom is -0.362 e. The number of pyridine rings is 2. The largest absolute Gasteiger partial charge is 0.362 e. The number of halogens is 1. The van der Waals surface area contributed by atoms with Crippen LogP contribution in [0.5, 0.6) is 0 Å². The van der Waals surface area contributed by atoms with Gasteiger partial charge in [0.1, 0.15) is 11.0 Å². The third-order valence-electron chi connectivity index (χ3n) is 3.77. The van der Waals surface area contributed by atoms with Gasteiger partial charge in [-0.2, -0.15) is 0 Å². The lowest BCUT2D eigenvalue weighted by Gasteiger charge is -2.31. The molecule has 2 aromatic heterocycles. The normalized spacial score (nSPS) is 13.7. The van der Waals surface area contributed by atoms with E-state index in [-0.39, 0.29) is 11.1 Å². The lowest BCUT2D eigenvalue weighted by molar-refractivity contribution is 0.0985. The van der Waals surface area contributed by atoms with Crippen molar-refractivity contribution in [2.75, 3.05) is 30.4 Å². The summed E-state index contributed by atoms with van der Waals surface area (Å²) in [4.78, 5) is 25.0. The number of fused-ring (bicyclic) bond motifs is 1. The van der Waals surface area contributed by atoms with Gasteiger partial charge in [0.15, 0.2) is 0 Å². The lowest BCUT2D eigenvalue weighted by Crippen LogP contribution is -2.36. The van der Waals surface area contributed by atoms with Crippen LogP contribution in [0.3, 0.4) is 0 Å². The number of nitrogens with zero attached hydrogens (tertiary/aromatic N) is 4. The molecule has 0 aromatic carbocycles. The van der Waals surface area contributed by atoms with Crippen LogP contribution < -0.4 is 9.80 Å². The molecule has 22 heavy (non-hydrogen) atoms. The van der Waals surface area contributed by atoms with Crippen molar-refractivity contribution in [2.45, 2.75) is 12.8 Å². The zero-order valence-electron chi connectivity index (χ0n) is 12.6. The molecule has 0 fully saturated rings. The fraction of sp³-hybridized carbons (Fsp3) is 0.312. The summed E-state index contributed by atoms with van der Waals surface area (Å²) in [5.41, 5.74) is 2.45. The minimum atomic E-state index is -0.116. The van der Waals surface area contributed by atoms with Gasteiger partial charge >= 0.3 is 0 Å². The van der Waals surface area contributed by atoms with Gasteiger partial charge in [-0.15, -0.1) is 0 Å². The molecule has 1 amide bonds. The summed E-state index contributed by atoms with van der Waals surface area (Å²) in [7, 11) is 3.92. The Hall–Kier alpha value is -2.14. The van der Waals surface area contributed by atoms with E-state index in [0.717, 1.165) is 29.9 Å². The molecule has 3 heterocycles. The molecule has 0 unspecified atom stereocenters. The van der Waals surface area contributed by atoms with Crippen molar-refractivity contribution in [2.24, 2.45) is 0 Å². The number of amides is 1. The molecule has 5 nitrogen and oxygen atoms in total. The summed E-state index contributed by atoms with van der Waals surface area (Å²) in [6, 6.07) is 5.32. The number of rotatable bonds is 2. The van der Waals surface area contributed by atoms with Gasteiger partial charge in [0.05, 0.1) is 11.3 Å². The second-order valence-corrected chi connectivity index (χ2v) is 5.79. The Morgan fingerprint density at radius 1 is 1.27 bits per heavy atom. The lowest BCUT2D eigenvalue weighted by atomic mass is 10.0. The standard InChI is InChI=1S/C16H17ClN4O/c1-20(2)15-11-6-4-10-21(13(11)7-9-19-15)16(22)12-5-3-8-18-14(12)17/h3,5,7-9H,4,6,10H2,1-2H3. The number of hydrogen-bond donors (Lipinski definition) is 0. The Morgan fingerprint density at radius 2 is 2.09 bits per heavy atom. The van der Waals surface area contributed by atoms with E-state index in [9.17, 15) is 4.79 Å². The highest BCUT2D eigenvalue weighted by molar-refractivity contribution is 6.33. The van der Waals surface area contributed by atoms with E-state index in [1.54, 1.807) is 29.4 Å². The minimum absolute atomic E-state index is 0.116. The molecule has 1 aliphatic heterocycles. The summed E-state index contributed by atoms with van der Waals surface area (Å²) in [5, 5.41) is 0.238. The maximum absolute atomic E-state index is 12.8. The molecule has 0 aliphatic carbocycles. The highest BCUT2D eigenvalue weighted by Gasteiger charge is 2.27. The van der Waals surface area contributed by atoms with Gasteiger partial charge in [-0.05, 0) is 31.0 Å². The van der Waals surface area contributed by atoms with Crippen LogP contribution in [0.2, 0.25) is 5.15 Å². The summed E-state index contributed by atoms with van der Waals surface area (Å²) in [6.07, 6.45) is 5.15. The highest BCUT2D eigenvalue weighted by Crippen LogP contribution is 2.33. The number of hydrogen-bond acceptors (Lipinski definition) is 4. The Kier molecular flexibility index (Phi) is 3.98. The van der Waals surface area contributed by atoms with Crippen molar-refractivity contribution in [3.05, 3.63) is 46.9 Å². The Bertz CT molecular complexity index is 717. The second-order valence-electron chi connectivity index (χ2n) is 5.43. The van der Waals surface area contributed by atoms with Crippen LogP contribution in [-0.4, -0.2) is 36.5 Å². The van der Waals surface area contributed by atoms with Gasteiger partial charge in [0, 0.05) is 38.6 Å². The molecule has 114 valence electrons. The van der Waals surface area contributed by atoms with E-state index < -0.39 is 0 Å². The average Bonchev–Trinajstić information content (AvgIpc) is 2.53. The van der Waals surface area contributed by atoms with Crippen LogP contribution in [-0.2, 0) is 6.42 Å². The van der Waals surface area contributed by atoms with Gasteiger partial charge in [-0.3, -0.25) is 4.79 Å². The molecule has 0 saturated heterocycles. The number of carbonyl (C=O) groups excluding carboxylic acids is 1. The predicted octanol–water partition coefficient (Wildman–Crippen LogP) is 2.79. The van der Waals surface area contributed by atoms with Crippen LogP contribution >= 0.6 is 11.6 Å². The predicted molar refractivity (Wildman–Crippen MR) is 87.8 cm³/mol. The van der Waals surface area contributed by atoms with Gasteiger partial charge in [0.25, 0.3) is 5.91 Å². The van der Waals surface area contributed by atoms with Crippen molar-refractivity contribution in [3.8, 4) is 0 Å². The van der Waals surface area contributed by atoms with Crippen molar-refractivity contribution >= 4 is 29.0 Å². The summed E-state index contributed by atoms with van der Waals surface area (Å²) >= 11 is 6.07. The molecule has 0 radical (unpaired) electrons. The van der Waals surface area contributed by atoms with Crippen LogP contribution in [0.4, 0.5) is 11.5 Å². The summed E-state index contributed by atoms with van der Waals surface area (Å²) in [5.74, 6) is 0.794. The average molecular weight is 317 g/mol. The van der Waals surface area contributed by atoms with Crippen molar-refractivity contribution in [3.63, 3.8) is 0 Å². The fourth-order valence-corrected chi connectivity index (χ4v) is 2.99. The van der Waals surface area contributed by atoms with E-state index >= 15 is 0 Å². The summed E-state index contributed by atoms with van der Waals surface area (Å²) < 4.78 is 0. The monoisotopic (exact) mass is 316 g/mol. The molecule has 0 bridgehead atoms. The first-order valence-electron chi connectivity index (χ1n) is 7.17. The maximum atomic E-state index is 12.8. The van der Waals surface area contributed by atoms with Crippen LogP contribution in [0.15, 0.2) is 30.6 Å². The van der Waals surface area contributed by atoms with E-state index in [4.69, 9.17) is 11.6 Å². The first kappa shape index (κ1) is 14.8. The Labute approximate surface area is 134 Å². The third-order valence-corrected chi connectivity index (χ3v) is 4.07. The fourth-order valence-electron chi connectivity index (χ4n) is 2.79. The van der Waals surface area contributed by atoms with Gasteiger partial charge in [-0.1, -0.05) is 11.6 Å². The van der Waals surface area contributed by atoms with Crippen LogP contribution in [0.25, 0.3) is 0 Å². The zero-order chi connectivity index (χ0) is 15.7. The molecule has 0 N–H and O–H groups in total. The van der Waals surface area contributed by atoms with E-state index in [2.05, 4.69) is 9.97 Å². The van der Waals surface area contributed by atoms with Gasteiger partial charge in [-0.25, -0.2) is 9.97 Å². The first-order valence-corrected chi connectivity index (χ1v) is 7.55. The topological polar surface area (TPSA) is 49.3 Å². The quantitative estimate of drug-likeness (QED) is 0.799. The Morgan fingerprint density at radius 3 is 2.82 bits per heavy atom. The van der Waals surface area contributed by atoms with Gasteiger partial charge < -0.3 is 9.80 Å². The first-order chi connectivity index (χ1) is 10.6. The SMILES string of the molecule is CN(C)c1nccc2c1CCCN2C(=O)c1cccnc1Cl. The maximum Gasteiger partial charge on any atom is 0.261 e. The molecule has 2 aromatic rings. The molecule has 1 aliphatic rings. The zero-order valence-corrected chi connectivity index (χ0v) is 13.3. The molecule has 0 spiro atoms. The number of aromatic nitrogens is 2. The van der Waals surface area contributed by atoms with Crippen LogP contribution in [0.1, 0.15) is 22.3 Å². The molecule has 6 heteroatoms. The smallest absolute Gasteiger partial charge is 0.261 e. The summed E-state index contributed by atoms with van der Waals surface area (Å²) in [6.45, 7) is 0.675. The van der Waals surface area contributed by atoms with Crippen LogP contribution in [0, 0.1) is 0 Å². The van der Waals surface area contributed by atoms with Crippen molar-refractivity contribution in [1.29, 1.82) is 0 Å². The van der Waals surface area contributed by atoms with Crippen molar-refractivity contribution < 1.29 is 4.79 Å². The third kappa shape index (κ3) is 2.52. The Balaban J connectivity index is 2.04. The van der Waals surface area contributed by atoms with E-state index in [0.29, 0.717) is 12.1 Å². The number of carbonyl (C=O) groups is 1. The molecular weight excluding hydrogens is 300 g/mol. The molecule has 0 saturated carbocycles. The van der Waals surface area contributed by atoms with Gasteiger partial charge in [0.2, 0.25) is 0 Å². The molecular formula is C16H17ClN4O.